The van der Waals surface area contributed by atoms with Gasteiger partial charge in [0.2, 0.25) is 0 Å². The highest BCUT2D eigenvalue weighted by molar-refractivity contribution is 8.18. The van der Waals surface area contributed by atoms with Crippen molar-refractivity contribution >= 4 is 34.6 Å². The summed E-state index contributed by atoms with van der Waals surface area (Å²) in [5.41, 5.74) is 3.62. The van der Waals surface area contributed by atoms with E-state index in [2.05, 4.69) is 15.0 Å². The number of amidine groups is 1. The molecule has 1 fully saturated rings. The van der Waals surface area contributed by atoms with Crippen molar-refractivity contribution in [1.29, 1.82) is 0 Å². The standard InChI is InChI=1S/C19H16F2N2O2S/c1-11-3-4-12(2)15(9-11)22-19-23-17(24)16(26-19)10-13-5-7-14(8-6-13)25-18(20)21/h3-10,18H,1-2H3,(H,22,23,24)/b16-10+. The van der Waals surface area contributed by atoms with Gasteiger partial charge < -0.3 is 10.1 Å². The highest BCUT2D eigenvalue weighted by Gasteiger charge is 2.24. The van der Waals surface area contributed by atoms with Gasteiger partial charge in [0.15, 0.2) is 5.17 Å². The minimum Gasteiger partial charge on any atom is -0.435 e. The van der Waals surface area contributed by atoms with Crippen LogP contribution in [0.25, 0.3) is 6.08 Å². The van der Waals surface area contributed by atoms with Crippen LogP contribution in [0, 0.1) is 13.8 Å². The SMILES string of the molecule is Cc1ccc(C)c(N=C2NC(=O)/C(=C\c3ccc(OC(F)F)cc3)S2)c1. The van der Waals surface area contributed by atoms with E-state index in [0.29, 0.717) is 15.6 Å². The van der Waals surface area contributed by atoms with Gasteiger partial charge in [-0.3, -0.25) is 4.79 Å². The van der Waals surface area contributed by atoms with Gasteiger partial charge in [-0.25, -0.2) is 4.99 Å². The first-order chi connectivity index (χ1) is 12.4. The molecule has 26 heavy (non-hydrogen) atoms. The van der Waals surface area contributed by atoms with Crippen LogP contribution < -0.4 is 10.1 Å². The van der Waals surface area contributed by atoms with E-state index >= 15 is 0 Å². The topological polar surface area (TPSA) is 50.7 Å². The number of thioether (sulfide) groups is 1. The number of amides is 1. The summed E-state index contributed by atoms with van der Waals surface area (Å²) in [6, 6.07) is 12.0. The van der Waals surface area contributed by atoms with Gasteiger partial charge in [-0.1, -0.05) is 24.3 Å². The van der Waals surface area contributed by atoms with Crippen LogP contribution in [0.4, 0.5) is 14.5 Å². The third-order valence-electron chi connectivity index (χ3n) is 3.64. The molecule has 1 aliphatic heterocycles. The maximum absolute atomic E-state index is 12.2. The second-order valence-corrected chi connectivity index (χ2v) is 6.75. The fourth-order valence-electron chi connectivity index (χ4n) is 2.33. The smallest absolute Gasteiger partial charge is 0.387 e. The molecule has 0 unspecified atom stereocenters. The molecule has 0 saturated carbocycles. The van der Waals surface area contributed by atoms with Crippen LogP contribution in [0.5, 0.6) is 5.75 Å². The van der Waals surface area contributed by atoms with Crippen molar-refractivity contribution in [3.05, 3.63) is 64.1 Å². The van der Waals surface area contributed by atoms with E-state index in [-0.39, 0.29) is 11.7 Å². The molecule has 0 atom stereocenters. The van der Waals surface area contributed by atoms with E-state index in [1.807, 2.05) is 32.0 Å². The molecule has 2 aromatic carbocycles. The van der Waals surface area contributed by atoms with E-state index in [4.69, 9.17) is 0 Å². The number of ether oxygens (including phenoxy) is 1. The van der Waals surface area contributed by atoms with Crippen molar-refractivity contribution in [3.63, 3.8) is 0 Å². The van der Waals surface area contributed by atoms with Crippen LogP contribution in [0.2, 0.25) is 0 Å². The molecule has 7 heteroatoms. The van der Waals surface area contributed by atoms with Crippen LogP contribution in [-0.4, -0.2) is 17.7 Å². The van der Waals surface area contributed by atoms with E-state index in [1.54, 1.807) is 18.2 Å². The zero-order valence-electron chi connectivity index (χ0n) is 14.1. The van der Waals surface area contributed by atoms with Crippen LogP contribution in [0.15, 0.2) is 52.4 Å². The first kappa shape index (κ1) is 18.1. The Kier molecular flexibility index (Phi) is 5.37. The van der Waals surface area contributed by atoms with Crippen molar-refractivity contribution in [2.75, 3.05) is 0 Å². The lowest BCUT2D eigenvalue weighted by Gasteiger charge is -2.04. The number of nitrogens with one attached hydrogen (secondary N) is 1. The number of aliphatic imine (C=N–C) groups is 1. The molecule has 2 aromatic rings. The molecule has 1 amide bonds. The highest BCUT2D eigenvalue weighted by Crippen LogP contribution is 2.29. The lowest BCUT2D eigenvalue weighted by molar-refractivity contribution is -0.115. The molecule has 0 radical (unpaired) electrons. The molecular weight excluding hydrogens is 358 g/mol. The second kappa shape index (κ2) is 7.70. The van der Waals surface area contributed by atoms with Crippen molar-refractivity contribution in [2.45, 2.75) is 20.5 Å². The van der Waals surface area contributed by atoms with Gasteiger partial charge in [-0.2, -0.15) is 8.78 Å². The number of benzene rings is 2. The van der Waals surface area contributed by atoms with E-state index in [0.717, 1.165) is 16.8 Å². The Labute approximate surface area is 154 Å². The number of carbonyl (C=O) groups is 1. The van der Waals surface area contributed by atoms with Crippen LogP contribution in [-0.2, 0) is 4.79 Å². The normalized spacial score (nSPS) is 17.2. The summed E-state index contributed by atoms with van der Waals surface area (Å²) in [4.78, 5) is 17.1. The summed E-state index contributed by atoms with van der Waals surface area (Å²) in [6.07, 6.45) is 1.68. The predicted octanol–water partition coefficient (Wildman–Crippen LogP) is 4.80. The fourth-order valence-corrected chi connectivity index (χ4v) is 3.16. The fraction of sp³-hybridized carbons (Fsp3) is 0.158. The molecule has 1 aliphatic rings. The van der Waals surface area contributed by atoms with E-state index < -0.39 is 6.61 Å². The Bertz CT molecular complexity index is 893. The van der Waals surface area contributed by atoms with Gasteiger partial charge in [0.25, 0.3) is 5.91 Å². The van der Waals surface area contributed by atoms with Gasteiger partial charge in [0, 0.05) is 0 Å². The first-order valence-electron chi connectivity index (χ1n) is 7.82. The molecule has 1 heterocycles. The number of nitrogens with zero attached hydrogens (tertiary/aromatic N) is 1. The minimum atomic E-state index is -2.86. The molecule has 1 N–H and O–H groups in total. The Balaban J connectivity index is 1.78. The highest BCUT2D eigenvalue weighted by atomic mass is 32.2. The average Bonchev–Trinajstić information content (AvgIpc) is 2.92. The van der Waals surface area contributed by atoms with Crippen molar-refractivity contribution in [3.8, 4) is 5.75 Å². The zero-order chi connectivity index (χ0) is 18.7. The van der Waals surface area contributed by atoms with Crippen LogP contribution in [0.1, 0.15) is 16.7 Å². The summed E-state index contributed by atoms with van der Waals surface area (Å²) in [6.45, 7) is 1.08. The second-order valence-electron chi connectivity index (χ2n) is 5.72. The maximum atomic E-state index is 12.2. The molecule has 0 spiro atoms. The van der Waals surface area contributed by atoms with Crippen molar-refractivity contribution in [1.82, 2.24) is 5.32 Å². The monoisotopic (exact) mass is 374 g/mol. The number of alkyl halides is 2. The molecule has 0 bridgehead atoms. The number of carbonyl (C=O) groups excluding carboxylic acids is 1. The molecule has 134 valence electrons. The number of hydrogen-bond acceptors (Lipinski definition) is 4. The first-order valence-corrected chi connectivity index (χ1v) is 8.64. The number of aryl methyl sites for hydroxylation is 2. The van der Waals surface area contributed by atoms with Crippen LogP contribution in [0.3, 0.4) is 0 Å². The van der Waals surface area contributed by atoms with E-state index in [9.17, 15) is 13.6 Å². The Hall–Kier alpha value is -2.67. The maximum Gasteiger partial charge on any atom is 0.387 e. The molecule has 4 nitrogen and oxygen atoms in total. The van der Waals surface area contributed by atoms with Gasteiger partial charge in [0.05, 0.1) is 10.6 Å². The zero-order valence-corrected chi connectivity index (χ0v) is 14.9. The molecule has 0 aromatic heterocycles. The summed E-state index contributed by atoms with van der Waals surface area (Å²) in [7, 11) is 0. The Morgan fingerprint density at radius 1 is 1.15 bits per heavy atom. The quantitative estimate of drug-likeness (QED) is 0.783. The van der Waals surface area contributed by atoms with Gasteiger partial charge in [-0.15, -0.1) is 0 Å². The summed E-state index contributed by atoms with van der Waals surface area (Å²) in [5, 5.41) is 3.25. The van der Waals surface area contributed by atoms with E-state index in [1.165, 1.54) is 23.9 Å². The minimum absolute atomic E-state index is 0.0721. The number of rotatable bonds is 4. The largest absolute Gasteiger partial charge is 0.435 e. The van der Waals surface area contributed by atoms with Gasteiger partial charge in [-0.05, 0) is 66.6 Å². The number of hydrogen-bond donors (Lipinski definition) is 1. The summed E-state index contributed by atoms with van der Waals surface area (Å²) >= 11 is 1.24. The summed E-state index contributed by atoms with van der Waals surface area (Å²) < 4.78 is 28.7. The molecule has 1 saturated heterocycles. The Morgan fingerprint density at radius 3 is 2.58 bits per heavy atom. The summed E-state index contributed by atoms with van der Waals surface area (Å²) in [5.74, 6) is -0.171. The third kappa shape index (κ3) is 4.49. The van der Waals surface area contributed by atoms with Gasteiger partial charge >= 0.3 is 6.61 Å². The molecule has 3 rings (SSSR count). The number of halogens is 2. The lowest BCUT2D eigenvalue weighted by Crippen LogP contribution is -2.19. The Morgan fingerprint density at radius 2 is 1.88 bits per heavy atom. The van der Waals surface area contributed by atoms with Crippen molar-refractivity contribution in [2.24, 2.45) is 4.99 Å². The lowest BCUT2D eigenvalue weighted by atomic mass is 10.1. The predicted molar refractivity (Wildman–Crippen MR) is 99.8 cm³/mol. The van der Waals surface area contributed by atoms with Crippen molar-refractivity contribution < 1.29 is 18.3 Å². The molecule has 0 aliphatic carbocycles. The third-order valence-corrected chi connectivity index (χ3v) is 4.55. The van der Waals surface area contributed by atoms with Crippen LogP contribution >= 0.6 is 11.8 Å². The van der Waals surface area contributed by atoms with Gasteiger partial charge in [0.1, 0.15) is 5.75 Å². The molecular formula is C19H16F2N2O2S. The average molecular weight is 374 g/mol.